The summed E-state index contributed by atoms with van der Waals surface area (Å²) in [5.41, 5.74) is 3.44. The Bertz CT molecular complexity index is 1150. The number of nitriles is 1. The highest BCUT2D eigenvalue weighted by Crippen LogP contribution is 2.30. The Balaban J connectivity index is 1.59. The molecule has 5 rings (SSSR count). The van der Waals surface area contributed by atoms with Crippen molar-refractivity contribution in [1.82, 2.24) is 29.6 Å². The average molecular weight is 355 g/mol. The van der Waals surface area contributed by atoms with Gasteiger partial charge in [-0.1, -0.05) is 18.2 Å². The van der Waals surface area contributed by atoms with Gasteiger partial charge in [0.2, 0.25) is 0 Å². The molecule has 4 aromatic rings. The molecule has 27 heavy (non-hydrogen) atoms. The zero-order valence-corrected chi connectivity index (χ0v) is 14.6. The molecule has 3 aromatic heterocycles. The van der Waals surface area contributed by atoms with Crippen molar-refractivity contribution < 1.29 is 0 Å². The normalized spacial score (nSPS) is 15.4. The predicted molar refractivity (Wildman–Crippen MR) is 101 cm³/mol. The Morgan fingerprint density at radius 1 is 1.15 bits per heavy atom. The Morgan fingerprint density at radius 2 is 2.00 bits per heavy atom. The lowest BCUT2D eigenvalue weighted by Gasteiger charge is -2.41. The average Bonchev–Trinajstić information content (AvgIpc) is 3.32. The number of nitrogens with zero attached hydrogens (tertiary/aromatic N) is 6. The van der Waals surface area contributed by atoms with Gasteiger partial charge in [-0.25, -0.2) is 9.97 Å². The number of aromatic nitrogens is 5. The third-order valence-electron chi connectivity index (χ3n) is 5.17. The van der Waals surface area contributed by atoms with Crippen molar-refractivity contribution in [1.29, 1.82) is 5.26 Å². The largest absolute Gasteiger partial charge is 0.312 e. The molecule has 0 spiro atoms. The lowest BCUT2D eigenvalue weighted by Crippen LogP contribution is -2.60. The SMILES string of the molecule is N#CCC1(n2cc(-c3ncnc4c3ccn4-c3ccccc3)cn2)CNC1. The molecule has 1 aliphatic heterocycles. The molecule has 0 radical (unpaired) electrons. The maximum atomic E-state index is 9.16. The van der Waals surface area contributed by atoms with E-state index in [0.717, 1.165) is 41.1 Å². The van der Waals surface area contributed by atoms with Crippen LogP contribution in [0.2, 0.25) is 0 Å². The van der Waals surface area contributed by atoms with Crippen LogP contribution < -0.4 is 5.32 Å². The van der Waals surface area contributed by atoms with E-state index in [4.69, 9.17) is 5.26 Å². The van der Waals surface area contributed by atoms with Crippen LogP contribution in [-0.4, -0.2) is 37.4 Å². The fourth-order valence-corrected chi connectivity index (χ4v) is 3.61. The molecule has 4 heterocycles. The molecule has 7 nitrogen and oxygen atoms in total. The molecule has 0 bridgehead atoms. The number of hydrogen-bond donors (Lipinski definition) is 1. The van der Waals surface area contributed by atoms with Crippen molar-refractivity contribution in [3.05, 3.63) is 61.3 Å². The van der Waals surface area contributed by atoms with Crippen molar-refractivity contribution in [2.24, 2.45) is 0 Å². The second-order valence-corrected chi connectivity index (χ2v) is 6.82. The molecular formula is C20H17N7. The number of hydrogen-bond acceptors (Lipinski definition) is 5. The van der Waals surface area contributed by atoms with Crippen LogP contribution >= 0.6 is 0 Å². The van der Waals surface area contributed by atoms with Crippen LogP contribution in [0.5, 0.6) is 0 Å². The zero-order valence-electron chi connectivity index (χ0n) is 14.6. The summed E-state index contributed by atoms with van der Waals surface area (Å²) in [6, 6.07) is 14.4. The van der Waals surface area contributed by atoms with Crippen molar-refractivity contribution in [2.45, 2.75) is 12.0 Å². The highest BCUT2D eigenvalue weighted by atomic mass is 15.4. The van der Waals surface area contributed by atoms with E-state index in [1.165, 1.54) is 0 Å². The summed E-state index contributed by atoms with van der Waals surface area (Å²) < 4.78 is 3.96. The molecule has 1 N–H and O–H groups in total. The topological polar surface area (TPSA) is 84.3 Å². The first-order chi connectivity index (χ1) is 13.3. The molecule has 1 aromatic carbocycles. The fraction of sp³-hybridized carbons (Fsp3) is 0.200. The van der Waals surface area contributed by atoms with Crippen LogP contribution in [0.3, 0.4) is 0 Å². The minimum absolute atomic E-state index is 0.255. The van der Waals surface area contributed by atoms with E-state index in [2.05, 4.69) is 43.2 Å². The van der Waals surface area contributed by atoms with Gasteiger partial charge in [-0.3, -0.25) is 4.68 Å². The smallest absolute Gasteiger partial charge is 0.148 e. The summed E-state index contributed by atoms with van der Waals surface area (Å²) in [4.78, 5) is 9.00. The van der Waals surface area contributed by atoms with Crippen LogP contribution in [0, 0.1) is 11.3 Å². The zero-order chi connectivity index (χ0) is 18.3. The van der Waals surface area contributed by atoms with Gasteiger partial charge in [0.1, 0.15) is 17.5 Å². The van der Waals surface area contributed by atoms with Crippen LogP contribution in [0.15, 0.2) is 61.3 Å². The molecule has 1 aliphatic rings. The number of para-hydroxylation sites is 1. The van der Waals surface area contributed by atoms with E-state index in [1.54, 1.807) is 6.33 Å². The second-order valence-electron chi connectivity index (χ2n) is 6.82. The Labute approximate surface area is 155 Å². The maximum absolute atomic E-state index is 9.16. The standard InChI is InChI=1S/C20H17N7/c21-8-7-20(12-22-13-20)27-11-15(10-25-27)18-17-6-9-26(19(17)24-14-23-18)16-4-2-1-3-5-16/h1-6,9-11,14,22H,7,12-13H2. The molecular weight excluding hydrogens is 338 g/mol. The van der Waals surface area contributed by atoms with Crippen molar-refractivity contribution >= 4 is 11.0 Å². The highest BCUT2D eigenvalue weighted by Gasteiger charge is 2.39. The van der Waals surface area contributed by atoms with Crippen molar-refractivity contribution in [3.8, 4) is 23.0 Å². The van der Waals surface area contributed by atoms with Gasteiger partial charge in [0.05, 0.1) is 24.4 Å². The number of fused-ring (bicyclic) bond motifs is 1. The van der Waals surface area contributed by atoms with Gasteiger partial charge < -0.3 is 9.88 Å². The third-order valence-corrected chi connectivity index (χ3v) is 5.17. The summed E-state index contributed by atoms with van der Waals surface area (Å²) in [5.74, 6) is 0. The first-order valence-corrected chi connectivity index (χ1v) is 8.81. The van der Waals surface area contributed by atoms with Crippen LogP contribution in [-0.2, 0) is 5.54 Å². The van der Waals surface area contributed by atoms with E-state index in [9.17, 15) is 0 Å². The molecule has 0 atom stereocenters. The van der Waals surface area contributed by atoms with E-state index >= 15 is 0 Å². The summed E-state index contributed by atoms with van der Waals surface area (Å²) in [6.45, 7) is 1.51. The second kappa shape index (κ2) is 6.04. The number of nitrogens with one attached hydrogen (secondary N) is 1. The predicted octanol–water partition coefficient (Wildman–Crippen LogP) is 2.50. The van der Waals surface area contributed by atoms with Gasteiger partial charge in [-0.2, -0.15) is 10.4 Å². The van der Waals surface area contributed by atoms with Gasteiger partial charge >= 0.3 is 0 Å². The van der Waals surface area contributed by atoms with Gasteiger partial charge in [0.15, 0.2) is 0 Å². The van der Waals surface area contributed by atoms with E-state index in [1.807, 2.05) is 47.5 Å². The van der Waals surface area contributed by atoms with Crippen molar-refractivity contribution in [3.63, 3.8) is 0 Å². The molecule has 0 aliphatic carbocycles. The summed E-state index contributed by atoms with van der Waals surface area (Å²) in [6.07, 6.45) is 7.84. The Kier molecular flexibility index (Phi) is 3.52. The van der Waals surface area contributed by atoms with Crippen LogP contribution in [0.1, 0.15) is 6.42 Å². The molecule has 1 fully saturated rings. The van der Waals surface area contributed by atoms with Crippen LogP contribution in [0.25, 0.3) is 28.0 Å². The highest BCUT2D eigenvalue weighted by molar-refractivity contribution is 5.91. The van der Waals surface area contributed by atoms with Crippen molar-refractivity contribution in [2.75, 3.05) is 13.1 Å². The van der Waals surface area contributed by atoms with E-state index in [0.29, 0.717) is 6.42 Å². The Morgan fingerprint density at radius 3 is 2.74 bits per heavy atom. The molecule has 0 saturated carbocycles. The maximum Gasteiger partial charge on any atom is 0.148 e. The molecule has 0 unspecified atom stereocenters. The number of rotatable bonds is 4. The molecule has 0 amide bonds. The van der Waals surface area contributed by atoms with Gasteiger partial charge in [0.25, 0.3) is 0 Å². The molecule has 132 valence electrons. The minimum atomic E-state index is -0.255. The fourth-order valence-electron chi connectivity index (χ4n) is 3.61. The quantitative estimate of drug-likeness (QED) is 0.608. The third kappa shape index (κ3) is 2.42. The first-order valence-electron chi connectivity index (χ1n) is 8.81. The van der Waals surface area contributed by atoms with E-state index < -0.39 is 0 Å². The first kappa shape index (κ1) is 15.7. The minimum Gasteiger partial charge on any atom is -0.312 e. The lowest BCUT2D eigenvalue weighted by molar-refractivity contribution is 0.160. The number of benzene rings is 1. The van der Waals surface area contributed by atoms with E-state index in [-0.39, 0.29) is 5.54 Å². The Hall–Kier alpha value is -3.50. The van der Waals surface area contributed by atoms with Gasteiger partial charge in [0, 0.05) is 42.1 Å². The summed E-state index contributed by atoms with van der Waals surface area (Å²) >= 11 is 0. The van der Waals surface area contributed by atoms with Gasteiger partial charge in [-0.05, 0) is 18.2 Å². The summed E-state index contributed by atoms with van der Waals surface area (Å²) in [5, 5.41) is 17.9. The summed E-state index contributed by atoms with van der Waals surface area (Å²) in [7, 11) is 0. The molecule has 7 heteroatoms. The van der Waals surface area contributed by atoms with Gasteiger partial charge in [-0.15, -0.1) is 0 Å². The lowest BCUT2D eigenvalue weighted by atomic mass is 9.89. The monoisotopic (exact) mass is 355 g/mol. The molecule has 1 saturated heterocycles. The van der Waals surface area contributed by atoms with Crippen LogP contribution in [0.4, 0.5) is 0 Å².